The lowest BCUT2D eigenvalue weighted by atomic mass is 9.80. The van der Waals surface area contributed by atoms with Crippen LogP contribution in [-0.2, 0) is 16.1 Å². The molecular weight excluding hydrogens is 650 g/mol. The molecular formula is C39H43N5O7. The van der Waals surface area contributed by atoms with Gasteiger partial charge in [-0.05, 0) is 62.9 Å². The number of carbonyl (C=O) groups is 2. The SMILES string of the molecule is CCCCC(CC)n1c(=O)c2cc3c(=O)n(CCN(CC)c4ccc(C5=C(O)/C(=C6\C(=O)N(CCCC)N=C6C)C5=O)cc4)c(=O)c3cc2c1=O. The Labute approximate surface area is 294 Å². The van der Waals surface area contributed by atoms with Crippen LogP contribution in [0.25, 0.3) is 27.1 Å². The maximum Gasteiger partial charge on any atom is 0.276 e. The van der Waals surface area contributed by atoms with Crippen LogP contribution in [0.4, 0.5) is 5.69 Å². The van der Waals surface area contributed by atoms with E-state index >= 15 is 0 Å². The van der Waals surface area contributed by atoms with Gasteiger partial charge in [-0.2, -0.15) is 5.10 Å². The summed E-state index contributed by atoms with van der Waals surface area (Å²) in [5.74, 6) is -1.04. The summed E-state index contributed by atoms with van der Waals surface area (Å²) in [7, 11) is 0. The molecule has 12 heteroatoms. The van der Waals surface area contributed by atoms with Crippen LogP contribution < -0.4 is 27.1 Å². The van der Waals surface area contributed by atoms with Gasteiger partial charge in [0.05, 0.1) is 44.0 Å². The lowest BCUT2D eigenvalue weighted by molar-refractivity contribution is -0.126. The summed E-state index contributed by atoms with van der Waals surface area (Å²) in [4.78, 5) is 81.8. The maximum absolute atomic E-state index is 13.5. The van der Waals surface area contributed by atoms with Gasteiger partial charge in [-0.1, -0.05) is 52.2 Å². The fraction of sp³-hybridized carbons (Fsp3) is 0.410. The molecule has 1 amide bonds. The number of carbonyl (C=O) groups excluding carboxylic acids is 2. The van der Waals surface area contributed by atoms with Crippen LogP contribution in [0.5, 0.6) is 0 Å². The minimum absolute atomic E-state index is 0.0103. The van der Waals surface area contributed by atoms with Crippen molar-refractivity contribution < 1.29 is 14.7 Å². The third kappa shape index (κ3) is 5.86. The predicted octanol–water partition coefficient (Wildman–Crippen LogP) is 4.75. The first kappa shape index (κ1) is 35.4. The van der Waals surface area contributed by atoms with Gasteiger partial charge in [-0.25, -0.2) is 5.01 Å². The standard InChI is InChI=1S/C39H43N5O7/c1-6-10-12-24(8-3)44-37(49)28-20-26-27(21-29(28)38(44)50)36(48)42(35(26)47)19-18-41(9-4)25-15-13-23(14-16-25)31-33(45)32(34(31)46)30-22(5)40-43(39(30)51)17-11-7-2/h13-16,20-21,24,45H,6-12,17-19H2,1-5H3/b32-30+. The van der Waals surface area contributed by atoms with E-state index < -0.39 is 28.0 Å². The quantitative estimate of drug-likeness (QED) is 0.186. The largest absolute Gasteiger partial charge is 0.506 e. The van der Waals surface area contributed by atoms with E-state index in [1.54, 1.807) is 31.2 Å². The number of Topliss-reactive ketones (excluding diaryl/α,β-unsaturated/α-hetero) is 1. The minimum Gasteiger partial charge on any atom is -0.506 e. The van der Waals surface area contributed by atoms with Crippen molar-refractivity contribution in [3.8, 4) is 0 Å². The van der Waals surface area contributed by atoms with Gasteiger partial charge in [-0.15, -0.1) is 0 Å². The van der Waals surface area contributed by atoms with Crippen LogP contribution >= 0.6 is 0 Å². The number of unbranched alkanes of at least 4 members (excludes halogenated alkanes) is 2. The summed E-state index contributed by atoms with van der Waals surface area (Å²) in [6, 6.07) is 9.56. The highest BCUT2D eigenvalue weighted by atomic mass is 16.3. The average molecular weight is 694 g/mol. The van der Waals surface area contributed by atoms with Crippen LogP contribution in [-0.4, -0.2) is 56.3 Å². The number of hydrogen-bond acceptors (Lipinski definition) is 9. The number of fused-ring (bicyclic) bond motifs is 2. The van der Waals surface area contributed by atoms with Gasteiger partial charge in [0.25, 0.3) is 28.1 Å². The summed E-state index contributed by atoms with van der Waals surface area (Å²) >= 11 is 0. The molecule has 1 aliphatic heterocycles. The molecule has 2 aliphatic rings. The van der Waals surface area contributed by atoms with Crippen LogP contribution in [0.2, 0.25) is 0 Å². The van der Waals surface area contributed by atoms with Crippen molar-refractivity contribution in [1.29, 1.82) is 0 Å². The monoisotopic (exact) mass is 693 g/mol. The zero-order chi connectivity index (χ0) is 36.7. The molecule has 3 heterocycles. The molecule has 4 aromatic rings. The van der Waals surface area contributed by atoms with Gasteiger partial charge in [0, 0.05) is 37.9 Å². The van der Waals surface area contributed by atoms with Crippen molar-refractivity contribution in [2.45, 2.75) is 85.7 Å². The van der Waals surface area contributed by atoms with Gasteiger partial charge in [-0.3, -0.25) is 37.9 Å². The molecule has 0 saturated carbocycles. The highest BCUT2D eigenvalue weighted by Crippen LogP contribution is 2.40. The van der Waals surface area contributed by atoms with Crippen molar-refractivity contribution in [2.75, 3.05) is 24.5 Å². The number of aliphatic hydroxyl groups is 1. The molecule has 6 rings (SSSR count). The van der Waals surface area contributed by atoms with E-state index in [4.69, 9.17) is 0 Å². The van der Waals surface area contributed by atoms with Gasteiger partial charge in [0.1, 0.15) is 5.76 Å². The molecule has 266 valence electrons. The van der Waals surface area contributed by atoms with Crippen LogP contribution in [0.1, 0.15) is 84.7 Å². The first-order valence-corrected chi connectivity index (χ1v) is 17.9. The molecule has 0 radical (unpaired) electrons. The van der Waals surface area contributed by atoms with Crippen LogP contribution in [0, 0.1) is 0 Å². The Morgan fingerprint density at radius 3 is 1.86 bits per heavy atom. The number of likely N-dealkylation sites (N-methyl/N-ethyl adjacent to an activating group) is 1. The van der Waals surface area contributed by atoms with E-state index in [0.717, 1.165) is 35.9 Å². The second-order valence-electron chi connectivity index (χ2n) is 13.3. The zero-order valence-electron chi connectivity index (χ0n) is 29.7. The Hall–Kier alpha value is -5.39. The molecule has 1 unspecified atom stereocenters. The van der Waals surface area contributed by atoms with Crippen molar-refractivity contribution in [3.05, 3.63) is 100 Å². The summed E-state index contributed by atoms with van der Waals surface area (Å²) in [5.41, 5.74) is 0.0553. The first-order chi connectivity index (χ1) is 24.5. The smallest absolute Gasteiger partial charge is 0.276 e. The summed E-state index contributed by atoms with van der Waals surface area (Å²) < 4.78 is 2.43. The van der Waals surface area contributed by atoms with Crippen LogP contribution in [0.15, 0.2) is 77.6 Å². The number of benzene rings is 2. The summed E-state index contributed by atoms with van der Waals surface area (Å²) in [6.45, 7) is 10.9. The Morgan fingerprint density at radius 2 is 1.33 bits per heavy atom. The second-order valence-corrected chi connectivity index (χ2v) is 13.3. The Morgan fingerprint density at radius 1 is 0.745 bits per heavy atom. The van der Waals surface area contributed by atoms with Gasteiger partial charge < -0.3 is 10.0 Å². The lowest BCUT2D eigenvalue weighted by Gasteiger charge is -2.25. The molecule has 0 spiro atoms. The number of allylic oxidation sites excluding steroid dienone is 2. The fourth-order valence-electron chi connectivity index (χ4n) is 7.27. The van der Waals surface area contributed by atoms with E-state index in [9.17, 15) is 33.9 Å². The summed E-state index contributed by atoms with van der Waals surface area (Å²) in [6.07, 6.45) is 4.81. The number of hydrogen-bond donors (Lipinski definition) is 1. The van der Waals surface area contributed by atoms with E-state index in [2.05, 4.69) is 12.0 Å². The molecule has 2 aromatic carbocycles. The molecule has 51 heavy (non-hydrogen) atoms. The molecule has 0 saturated heterocycles. The minimum atomic E-state index is -0.508. The zero-order valence-corrected chi connectivity index (χ0v) is 29.7. The molecule has 0 fully saturated rings. The maximum atomic E-state index is 13.5. The highest BCUT2D eigenvalue weighted by Gasteiger charge is 2.42. The number of rotatable bonds is 14. The van der Waals surface area contributed by atoms with E-state index in [-0.39, 0.29) is 62.5 Å². The van der Waals surface area contributed by atoms with Crippen molar-refractivity contribution in [2.24, 2.45) is 5.10 Å². The number of nitrogens with zero attached hydrogens (tertiary/aromatic N) is 5. The van der Waals surface area contributed by atoms with Crippen molar-refractivity contribution in [1.82, 2.24) is 14.1 Å². The average Bonchev–Trinajstić information content (AvgIpc) is 3.64. The third-order valence-electron chi connectivity index (χ3n) is 10.2. The molecule has 1 aliphatic carbocycles. The molecule has 12 nitrogen and oxygen atoms in total. The topological polar surface area (TPSA) is 151 Å². The van der Waals surface area contributed by atoms with Crippen LogP contribution in [0.3, 0.4) is 0 Å². The van der Waals surface area contributed by atoms with Crippen molar-refractivity contribution in [3.63, 3.8) is 0 Å². The Balaban J connectivity index is 1.22. The van der Waals surface area contributed by atoms with E-state index in [1.165, 1.54) is 21.7 Å². The normalized spacial score (nSPS) is 16.9. The third-order valence-corrected chi connectivity index (χ3v) is 10.2. The van der Waals surface area contributed by atoms with E-state index in [0.29, 0.717) is 43.8 Å². The second kappa shape index (κ2) is 14.1. The number of anilines is 1. The first-order valence-electron chi connectivity index (χ1n) is 17.9. The number of aliphatic hydroxyl groups excluding tert-OH is 1. The Kier molecular flexibility index (Phi) is 9.79. The Bertz CT molecular complexity index is 2290. The molecule has 1 atom stereocenters. The summed E-state index contributed by atoms with van der Waals surface area (Å²) in [5, 5.41) is 17.1. The highest BCUT2D eigenvalue weighted by molar-refractivity contribution is 6.43. The number of amides is 1. The predicted molar refractivity (Wildman–Crippen MR) is 199 cm³/mol. The number of hydrazone groups is 1. The van der Waals surface area contributed by atoms with Gasteiger partial charge in [0.15, 0.2) is 0 Å². The van der Waals surface area contributed by atoms with E-state index in [1.807, 2.05) is 25.7 Å². The van der Waals surface area contributed by atoms with Crippen molar-refractivity contribution >= 4 is 50.2 Å². The fourth-order valence-corrected chi connectivity index (χ4v) is 7.27. The van der Waals surface area contributed by atoms with Gasteiger partial charge >= 0.3 is 0 Å². The number of aromatic nitrogens is 2. The lowest BCUT2D eigenvalue weighted by Crippen LogP contribution is -2.34. The molecule has 1 N–H and O–H groups in total. The number of ketones is 1. The molecule has 0 bridgehead atoms. The molecule has 2 aromatic heterocycles. The van der Waals surface area contributed by atoms with Gasteiger partial charge in [0.2, 0.25) is 5.78 Å².